The van der Waals surface area contributed by atoms with Crippen molar-refractivity contribution >= 4 is 11.9 Å². The Morgan fingerprint density at radius 3 is 1.32 bits per heavy atom. The van der Waals surface area contributed by atoms with Gasteiger partial charge in [-0.05, 0) is 49.4 Å². The molecular formula is C40H74O4. The van der Waals surface area contributed by atoms with Crippen molar-refractivity contribution in [1.82, 2.24) is 0 Å². The van der Waals surface area contributed by atoms with Gasteiger partial charge in [0.15, 0.2) is 5.41 Å². The lowest BCUT2D eigenvalue weighted by Gasteiger charge is -2.46. The molecule has 0 aromatic rings. The Bertz CT molecular complexity index is 683. The standard InChI is InChI=1S/C40H74O4/c1-34(2)26-19-15-11-7-5-9-13-17-23-32-43-38(41)40(31-25-29-36-28-21-22-30-37(36)40)39(42)44-33-24-18-14-10-6-8-12-16-20-27-35(3)4/h34-37H,5-33H2,1-4H3. The molecule has 2 atom stereocenters. The lowest BCUT2D eigenvalue weighted by atomic mass is 9.57. The summed E-state index contributed by atoms with van der Waals surface area (Å²) in [5.41, 5.74) is -1.06. The van der Waals surface area contributed by atoms with Gasteiger partial charge in [0.1, 0.15) is 0 Å². The molecule has 2 aliphatic carbocycles. The van der Waals surface area contributed by atoms with Gasteiger partial charge in [-0.15, -0.1) is 0 Å². The molecular weight excluding hydrogens is 544 g/mol. The molecule has 0 bridgehead atoms. The molecule has 0 aromatic carbocycles. The first-order valence-electron chi connectivity index (χ1n) is 19.7. The largest absolute Gasteiger partial charge is 0.465 e. The van der Waals surface area contributed by atoms with Gasteiger partial charge in [-0.1, -0.05) is 175 Å². The van der Waals surface area contributed by atoms with Crippen LogP contribution in [0.4, 0.5) is 0 Å². The number of hydrogen-bond acceptors (Lipinski definition) is 4. The number of carbonyl (C=O) groups is 2. The van der Waals surface area contributed by atoms with E-state index in [4.69, 9.17) is 9.47 Å². The zero-order valence-electron chi connectivity index (χ0n) is 29.9. The smallest absolute Gasteiger partial charge is 0.323 e. The first-order chi connectivity index (χ1) is 21.4. The maximum absolute atomic E-state index is 13.7. The monoisotopic (exact) mass is 619 g/mol. The van der Waals surface area contributed by atoms with Gasteiger partial charge in [0.25, 0.3) is 0 Å². The van der Waals surface area contributed by atoms with Crippen LogP contribution in [0.5, 0.6) is 0 Å². The average molecular weight is 619 g/mol. The highest BCUT2D eigenvalue weighted by molar-refractivity contribution is 6.00. The summed E-state index contributed by atoms with van der Waals surface area (Å²) in [6.45, 7) is 10.1. The zero-order valence-corrected chi connectivity index (χ0v) is 29.9. The minimum absolute atomic E-state index is 0.103. The molecule has 0 spiro atoms. The maximum atomic E-state index is 13.7. The molecule has 0 aliphatic heterocycles. The molecule has 2 aliphatic rings. The van der Waals surface area contributed by atoms with Gasteiger partial charge in [-0.2, -0.15) is 0 Å². The zero-order chi connectivity index (χ0) is 31.9. The number of rotatable bonds is 26. The van der Waals surface area contributed by atoms with E-state index in [1.54, 1.807) is 0 Å². The van der Waals surface area contributed by atoms with Gasteiger partial charge < -0.3 is 9.47 Å². The molecule has 2 fully saturated rings. The third-order valence-corrected chi connectivity index (χ3v) is 10.7. The Labute approximate surface area is 274 Å². The van der Waals surface area contributed by atoms with Crippen molar-refractivity contribution in [3.8, 4) is 0 Å². The van der Waals surface area contributed by atoms with E-state index in [-0.39, 0.29) is 17.9 Å². The second-order valence-electron chi connectivity index (χ2n) is 15.5. The molecule has 4 heteroatoms. The van der Waals surface area contributed by atoms with Crippen molar-refractivity contribution in [2.45, 2.75) is 201 Å². The molecule has 2 rings (SSSR count). The number of fused-ring (bicyclic) bond motifs is 1. The predicted octanol–water partition coefficient (Wildman–Crippen LogP) is 12.2. The fourth-order valence-corrected chi connectivity index (χ4v) is 7.99. The van der Waals surface area contributed by atoms with Gasteiger partial charge in [0.2, 0.25) is 0 Å². The van der Waals surface area contributed by atoms with Gasteiger partial charge in [0, 0.05) is 0 Å². The van der Waals surface area contributed by atoms with Crippen LogP contribution in [0.3, 0.4) is 0 Å². The van der Waals surface area contributed by atoms with E-state index < -0.39 is 5.41 Å². The highest BCUT2D eigenvalue weighted by Gasteiger charge is 2.58. The number of esters is 2. The molecule has 2 saturated carbocycles. The van der Waals surface area contributed by atoms with Gasteiger partial charge in [0.05, 0.1) is 13.2 Å². The third kappa shape index (κ3) is 15.5. The van der Waals surface area contributed by atoms with E-state index in [0.29, 0.717) is 25.6 Å². The summed E-state index contributed by atoms with van der Waals surface area (Å²) in [4.78, 5) is 27.5. The van der Waals surface area contributed by atoms with Crippen LogP contribution >= 0.6 is 0 Å². The fourth-order valence-electron chi connectivity index (χ4n) is 7.99. The highest BCUT2D eigenvalue weighted by Crippen LogP contribution is 2.52. The SMILES string of the molecule is CC(C)CCCCCCCCCCCOC(=O)C1(C(=O)OCCCCCCCCCCCC(C)C)CCCC2CCCCC21. The normalized spacial score (nSPS) is 19.7. The molecule has 4 nitrogen and oxygen atoms in total. The van der Waals surface area contributed by atoms with E-state index in [0.717, 1.165) is 69.6 Å². The van der Waals surface area contributed by atoms with Crippen LogP contribution in [0.15, 0.2) is 0 Å². The van der Waals surface area contributed by atoms with Gasteiger partial charge in [-0.3, -0.25) is 9.59 Å². The minimum Gasteiger partial charge on any atom is -0.465 e. The first-order valence-corrected chi connectivity index (χ1v) is 19.7. The average Bonchev–Trinajstić information content (AvgIpc) is 3.01. The Hall–Kier alpha value is -1.06. The van der Waals surface area contributed by atoms with Crippen LogP contribution in [-0.2, 0) is 19.1 Å². The molecule has 44 heavy (non-hydrogen) atoms. The van der Waals surface area contributed by atoms with Crippen molar-refractivity contribution in [3.05, 3.63) is 0 Å². The van der Waals surface area contributed by atoms with Crippen LogP contribution in [0.2, 0.25) is 0 Å². The number of unbranched alkanes of at least 4 members (excludes halogenated alkanes) is 16. The van der Waals surface area contributed by atoms with Crippen molar-refractivity contribution < 1.29 is 19.1 Å². The van der Waals surface area contributed by atoms with E-state index in [9.17, 15) is 9.59 Å². The quantitative estimate of drug-likeness (QED) is 0.0550. The molecule has 0 aromatic heterocycles. The molecule has 0 saturated heterocycles. The number of hydrogen-bond donors (Lipinski definition) is 0. The van der Waals surface area contributed by atoms with Crippen molar-refractivity contribution in [2.24, 2.45) is 29.1 Å². The maximum Gasteiger partial charge on any atom is 0.323 e. The lowest BCUT2D eigenvalue weighted by molar-refractivity contribution is -0.184. The fraction of sp³-hybridized carbons (Fsp3) is 0.950. The van der Waals surface area contributed by atoms with E-state index in [2.05, 4.69) is 27.7 Å². The lowest BCUT2D eigenvalue weighted by Crippen LogP contribution is -2.53. The van der Waals surface area contributed by atoms with Crippen molar-refractivity contribution in [3.63, 3.8) is 0 Å². The second kappa shape index (κ2) is 24.2. The van der Waals surface area contributed by atoms with E-state index >= 15 is 0 Å². The molecule has 258 valence electrons. The van der Waals surface area contributed by atoms with Crippen molar-refractivity contribution in [2.75, 3.05) is 13.2 Å². The summed E-state index contributed by atoms with van der Waals surface area (Å²) in [6.07, 6.45) is 32.4. The Morgan fingerprint density at radius 1 is 0.523 bits per heavy atom. The summed E-state index contributed by atoms with van der Waals surface area (Å²) in [5.74, 6) is 1.69. The molecule has 0 N–H and O–H groups in total. The van der Waals surface area contributed by atoms with Crippen LogP contribution in [-0.4, -0.2) is 25.2 Å². The van der Waals surface area contributed by atoms with Crippen LogP contribution in [0, 0.1) is 29.1 Å². The molecule has 0 radical (unpaired) electrons. The minimum atomic E-state index is -1.06. The predicted molar refractivity (Wildman–Crippen MR) is 186 cm³/mol. The Balaban J connectivity index is 1.66. The summed E-state index contributed by atoms with van der Waals surface area (Å²) in [6, 6.07) is 0. The highest BCUT2D eigenvalue weighted by atomic mass is 16.6. The van der Waals surface area contributed by atoms with Gasteiger partial charge in [-0.25, -0.2) is 0 Å². The van der Waals surface area contributed by atoms with Crippen molar-refractivity contribution in [1.29, 1.82) is 0 Å². The number of carbonyl (C=O) groups excluding carboxylic acids is 2. The second-order valence-corrected chi connectivity index (χ2v) is 15.5. The summed E-state index contributed by atoms with van der Waals surface area (Å²) in [7, 11) is 0. The van der Waals surface area contributed by atoms with Crippen LogP contribution < -0.4 is 0 Å². The van der Waals surface area contributed by atoms with Gasteiger partial charge >= 0.3 is 11.9 Å². The van der Waals surface area contributed by atoms with E-state index in [1.807, 2.05) is 0 Å². The number of ether oxygens (including phenoxy) is 2. The van der Waals surface area contributed by atoms with E-state index in [1.165, 1.54) is 109 Å². The van der Waals surface area contributed by atoms with Crippen LogP contribution in [0.1, 0.15) is 201 Å². The van der Waals surface area contributed by atoms with Crippen LogP contribution in [0.25, 0.3) is 0 Å². The Morgan fingerprint density at radius 2 is 0.886 bits per heavy atom. The molecule has 2 unspecified atom stereocenters. The molecule has 0 amide bonds. The third-order valence-electron chi connectivity index (χ3n) is 10.7. The summed E-state index contributed by atoms with van der Waals surface area (Å²) < 4.78 is 11.8. The summed E-state index contributed by atoms with van der Waals surface area (Å²) >= 11 is 0. The molecule has 0 heterocycles. The topological polar surface area (TPSA) is 52.6 Å². The summed E-state index contributed by atoms with van der Waals surface area (Å²) in [5, 5.41) is 0. The Kier molecular flexibility index (Phi) is 21.5. The first kappa shape index (κ1) is 39.1.